The Bertz CT molecular complexity index is 800. The second kappa shape index (κ2) is 8.09. The highest BCUT2D eigenvalue weighted by atomic mass is 19.4. The van der Waals surface area contributed by atoms with Crippen LogP contribution in [0.25, 0.3) is 0 Å². The lowest BCUT2D eigenvalue weighted by molar-refractivity contribution is -0.137. The zero-order valence-corrected chi connectivity index (χ0v) is 16.0. The molecule has 1 aromatic carbocycles. The van der Waals surface area contributed by atoms with Gasteiger partial charge in [-0.2, -0.15) is 13.2 Å². The minimum atomic E-state index is -4.42. The summed E-state index contributed by atoms with van der Waals surface area (Å²) in [7, 11) is 0. The molecule has 0 aliphatic carbocycles. The van der Waals surface area contributed by atoms with Crippen LogP contribution < -0.4 is 4.74 Å². The Labute approximate surface area is 163 Å². The fraction of sp³-hybridized carbons (Fsp3) is 0.476. The number of benzene rings is 1. The van der Waals surface area contributed by atoms with E-state index < -0.39 is 17.3 Å². The summed E-state index contributed by atoms with van der Waals surface area (Å²) in [6.07, 6.45) is 0.699. The maximum atomic E-state index is 13.0. The molecule has 1 N–H and O–H groups in total. The van der Waals surface area contributed by atoms with Crippen molar-refractivity contribution in [2.75, 3.05) is 19.6 Å². The molecule has 152 valence electrons. The third kappa shape index (κ3) is 5.02. The van der Waals surface area contributed by atoms with Crippen molar-refractivity contribution in [2.45, 2.75) is 44.6 Å². The first-order valence-electron chi connectivity index (χ1n) is 9.35. The van der Waals surface area contributed by atoms with Gasteiger partial charge in [-0.1, -0.05) is 12.1 Å². The Morgan fingerprint density at radius 3 is 2.50 bits per heavy atom. The normalized spacial score (nSPS) is 18.6. The highest BCUT2D eigenvalue weighted by Crippen LogP contribution is 2.33. The number of rotatable bonds is 5. The fourth-order valence-corrected chi connectivity index (χ4v) is 3.51. The topological polar surface area (TPSA) is 45.6 Å². The number of aryl methyl sites for hydroxylation is 1. The van der Waals surface area contributed by atoms with E-state index in [2.05, 4.69) is 9.88 Å². The van der Waals surface area contributed by atoms with E-state index in [0.29, 0.717) is 13.1 Å². The lowest BCUT2D eigenvalue weighted by Crippen LogP contribution is -2.45. The summed E-state index contributed by atoms with van der Waals surface area (Å²) in [5.41, 5.74) is -0.855. The monoisotopic (exact) mass is 394 g/mol. The van der Waals surface area contributed by atoms with Crippen LogP contribution in [0.4, 0.5) is 13.2 Å². The predicted molar refractivity (Wildman–Crippen MR) is 100 cm³/mol. The molecule has 28 heavy (non-hydrogen) atoms. The number of β-amino-alcohol motifs (C(OH)–C–C–N with tert-alkyl or cyclic N) is 1. The van der Waals surface area contributed by atoms with Crippen molar-refractivity contribution in [2.24, 2.45) is 0 Å². The molecule has 4 nitrogen and oxygen atoms in total. The van der Waals surface area contributed by atoms with Gasteiger partial charge < -0.3 is 9.84 Å². The first-order chi connectivity index (χ1) is 13.1. The van der Waals surface area contributed by atoms with Gasteiger partial charge in [0.2, 0.25) is 0 Å². The number of ether oxygens (including phenoxy) is 1. The minimum Gasteiger partial charge on any atom is -0.490 e. The van der Waals surface area contributed by atoms with E-state index >= 15 is 0 Å². The third-order valence-electron chi connectivity index (χ3n) is 5.14. The molecule has 0 amide bonds. The number of likely N-dealkylation sites (tertiary alicyclic amines) is 1. The molecule has 1 aliphatic rings. The first kappa shape index (κ1) is 20.6. The number of alkyl halides is 3. The Hall–Kier alpha value is -2.12. The fourth-order valence-electron chi connectivity index (χ4n) is 3.51. The predicted octanol–water partition coefficient (Wildman–Crippen LogP) is 4.16. The zero-order valence-electron chi connectivity index (χ0n) is 16.0. The maximum Gasteiger partial charge on any atom is 0.416 e. The van der Waals surface area contributed by atoms with Crippen LogP contribution in [-0.4, -0.2) is 40.7 Å². The van der Waals surface area contributed by atoms with Crippen LogP contribution in [0.3, 0.4) is 0 Å². The smallest absolute Gasteiger partial charge is 0.416 e. The van der Waals surface area contributed by atoms with Crippen molar-refractivity contribution in [1.29, 1.82) is 0 Å². The number of aromatic nitrogens is 1. The molecule has 1 saturated heterocycles. The summed E-state index contributed by atoms with van der Waals surface area (Å²) in [6.45, 7) is 5.21. The molecule has 2 heterocycles. The van der Waals surface area contributed by atoms with Gasteiger partial charge in [0, 0.05) is 37.6 Å². The number of piperidine rings is 1. The van der Waals surface area contributed by atoms with Crippen molar-refractivity contribution in [3.05, 3.63) is 59.4 Å². The summed E-state index contributed by atoms with van der Waals surface area (Å²) in [4.78, 5) is 6.12. The third-order valence-corrected chi connectivity index (χ3v) is 5.14. The summed E-state index contributed by atoms with van der Waals surface area (Å²) < 4.78 is 44.9. The van der Waals surface area contributed by atoms with Crippen LogP contribution in [0.5, 0.6) is 5.75 Å². The van der Waals surface area contributed by atoms with Crippen LogP contribution in [0.15, 0.2) is 42.7 Å². The molecular weight excluding hydrogens is 369 g/mol. The average Bonchev–Trinajstić information content (AvgIpc) is 2.64. The summed E-state index contributed by atoms with van der Waals surface area (Å²) in [5.74, 6) is 0.824. The van der Waals surface area contributed by atoms with Gasteiger partial charge in [0.1, 0.15) is 11.9 Å². The van der Waals surface area contributed by atoms with E-state index in [0.717, 1.165) is 36.3 Å². The quantitative estimate of drug-likeness (QED) is 0.827. The molecule has 1 unspecified atom stereocenters. The molecule has 0 radical (unpaired) electrons. The SMILES string of the molecule is Cc1cnccc1OC1CCN(CC(C)(O)c2cccc(C(F)(F)F)c2)CC1. The van der Waals surface area contributed by atoms with Gasteiger partial charge in [0.25, 0.3) is 0 Å². The Morgan fingerprint density at radius 2 is 1.86 bits per heavy atom. The molecule has 7 heteroatoms. The van der Waals surface area contributed by atoms with Crippen molar-refractivity contribution in [1.82, 2.24) is 9.88 Å². The Balaban J connectivity index is 1.58. The van der Waals surface area contributed by atoms with Crippen molar-refractivity contribution >= 4 is 0 Å². The van der Waals surface area contributed by atoms with E-state index in [1.807, 2.05) is 13.0 Å². The molecule has 0 spiro atoms. The molecule has 2 aromatic rings. The van der Waals surface area contributed by atoms with E-state index in [1.54, 1.807) is 19.3 Å². The van der Waals surface area contributed by atoms with Crippen LogP contribution >= 0.6 is 0 Å². The molecule has 0 saturated carbocycles. The van der Waals surface area contributed by atoms with Crippen LogP contribution in [0, 0.1) is 6.92 Å². The number of aliphatic hydroxyl groups is 1. The number of halogens is 3. The van der Waals surface area contributed by atoms with E-state index in [4.69, 9.17) is 4.74 Å². The highest BCUT2D eigenvalue weighted by molar-refractivity contribution is 5.30. The van der Waals surface area contributed by atoms with Crippen LogP contribution in [0.1, 0.15) is 36.5 Å². The largest absolute Gasteiger partial charge is 0.490 e. The molecule has 0 bridgehead atoms. The van der Waals surface area contributed by atoms with E-state index in [9.17, 15) is 18.3 Å². The van der Waals surface area contributed by atoms with Gasteiger partial charge in [0.15, 0.2) is 0 Å². The van der Waals surface area contributed by atoms with Gasteiger partial charge >= 0.3 is 6.18 Å². The Morgan fingerprint density at radius 1 is 1.18 bits per heavy atom. The first-order valence-corrected chi connectivity index (χ1v) is 9.35. The lowest BCUT2D eigenvalue weighted by Gasteiger charge is -2.37. The van der Waals surface area contributed by atoms with Crippen molar-refractivity contribution < 1.29 is 23.0 Å². The van der Waals surface area contributed by atoms with E-state index in [-0.39, 0.29) is 18.2 Å². The van der Waals surface area contributed by atoms with Gasteiger partial charge in [-0.05, 0) is 50.5 Å². The lowest BCUT2D eigenvalue weighted by atomic mass is 9.92. The van der Waals surface area contributed by atoms with Gasteiger partial charge in [-0.3, -0.25) is 9.88 Å². The molecule has 1 aromatic heterocycles. The summed E-state index contributed by atoms with van der Waals surface area (Å²) >= 11 is 0. The standard InChI is InChI=1S/C21H25F3N2O2/c1-15-13-25-9-6-19(15)28-18-7-10-26(11-8-18)14-20(2,27)16-4-3-5-17(12-16)21(22,23)24/h3-6,9,12-13,18,27H,7-8,10-11,14H2,1-2H3. The summed E-state index contributed by atoms with van der Waals surface area (Å²) in [5, 5.41) is 10.8. The molecule has 3 rings (SSSR count). The second-order valence-corrected chi connectivity index (χ2v) is 7.59. The van der Waals surface area contributed by atoms with Crippen LogP contribution in [-0.2, 0) is 11.8 Å². The molecule has 1 atom stereocenters. The Kier molecular flexibility index (Phi) is 5.95. The highest BCUT2D eigenvalue weighted by Gasteiger charge is 2.34. The molecular formula is C21H25F3N2O2. The second-order valence-electron chi connectivity index (χ2n) is 7.59. The van der Waals surface area contributed by atoms with Gasteiger partial charge in [-0.15, -0.1) is 0 Å². The average molecular weight is 394 g/mol. The molecule has 1 fully saturated rings. The number of nitrogens with zero attached hydrogens (tertiary/aromatic N) is 2. The minimum absolute atomic E-state index is 0.0795. The summed E-state index contributed by atoms with van der Waals surface area (Å²) in [6, 6.07) is 6.77. The van der Waals surface area contributed by atoms with Crippen LogP contribution in [0.2, 0.25) is 0 Å². The zero-order chi connectivity index (χ0) is 20.4. The number of hydrogen-bond donors (Lipinski definition) is 1. The van der Waals surface area contributed by atoms with E-state index in [1.165, 1.54) is 12.1 Å². The van der Waals surface area contributed by atoms with Gasteiger partial charge in [0.05, 0.1) is 11.2 Å². The van der Waals surface area contributed by atoms with Crippen molar-refractivity contribution in [3.63, 3.8) is 0 Å². The number of pyridine rings is 1. The maximum absolute atomic E-state index is 13.0. The van der Waals surface area contributed by atoms with Crippen molar-refractivity contribution in [3.8, 4) is 5.75 Å². The van der Waals surface area contributed by atoms with Gasteiger partial charge in [-0.25, -0.2) is 0 Å². The number of hydrogen-bond acceptors (Lipinski definition) is 4. The molecule has 1 aliphatic heterocycles.